The summed E-state index contributed by atoms with van der Waals surface area (Å²) >= 11 is 5.81. The maximum absolute atomic E-state index is 12.7. The lowest BCUT2D eigenvalue weighted by Gasteiger charge is -2.35. The minimum absolute atomic E-state index is 0.0141. The summed E-state index contributed by atoms with van der Waals surface area (Å²) in [6, 6.07) is 15.3. The van der Waals surface area contributed by atoms with Crippen LogP contribution in [0.15, 0.2) is 59.5 Å². The molecule has 0 spiro atoms. The SMILES string of the molecule is CCc1nc([N+](=O)[O-])c(N2CCN(C(=O)CNS(=O)(=O)c3ccc(Cl)cc3)CC2)n1Cc1ccccc1. The largest absolute Gasteiger partial charge is 0.406 e. The molecule has 11 nitrogen and oxygen atoms in total. The van der Waals surface area contributed by atoms with Crippen molar-refractivity contribution in [1.29, 1.82) is 0 Å². The zero-order valence-electron chi connectivity index (χ0n) is 20.2. The Hall–Kier alpha value is -3.48. The average Bonchev–Trinajstić information content (AvgIpc) is 3.26. The zero-order valence-corrected chi connectivity index (χ0v) is 21.8. The molecule has 196 valence electrons. The first-order chi connectivity index (χ1) is 17.7. The molecule has 0 radical (unpaired) electrons. The Morgan fingerprint density at radius 2 is 1.73 bits per heavy atom. The maximum Gasteiger partial charge on any atom is 0.406 e. The van der Waals surface area contributed by atoms with Gasteiger partial charge in [-0.1, -0.05) is 48.9 Å². The van der Waals surface area contributed by atoms with E-state index in [9.17, 15) is 23.3 Å². The molecule has 1 fully saturated rings. The molecule has 37 heavy (non-hydrogen) atoms. The van der Waals surface area contributed by atoms with Crippen molar-refractivity contribution in [2.75, 3.05) is 37.6 Å². The number of carbonyl (C=O) groups excluding carboxylic acids is 1. The van der Waals surface area contributed by atoms with Crippen LogP contribution in [0.25, 0.3) is 0 Å². The zero-order chi connectivity index (χ0) is 26.6. The molecule has 1 aromatic heterocycles. The molecule has 13 heteroatoms. The molecule has 2 heterocycles. The molecule has 1 aliphatic rings. The number of sulfonamides is 1. The fourth-order valence-electron chi connectivity index (χ4n) is 4.25. The summed E-state index contributed by atoms with van der Waals surface area (Å²) in [7, 11) is -3.87. The average molecular weight is 547 g/mol. The van der Waals surface area contributed by atoms with Crippen molar-refractivity contribution in [2.45, 2.75) is 24.8 Å². The van der Waals surface area contributed by atoms with Crippen LogP contribution in [0.3, 0.4) is 0 Å². The predicted molar refractivity (Wildman–Crippen MR) is 139 cm³/mol. The summed E-state index contributed by atoms with van der Waals surface area (Å²) in [4.78, 5) is 31.9. The van der Waals surface area contributed by atoms with Crippen LogP contribution in [-0.4, -0.2) is 66.4 Å². The van der Waals surface area contributed by atoms with Gasteiger partial charge >= 0.3 is 5.82 Å². The lowest BCUT2D eigenvalue weighted by atomic mass is 10.2. The Kier molecular flexibility index (Phi) is 8.10. The number of nitrogens with zero attached hydrogens (tertiary/aromatic N) is 5. The lowest BCUT2D eigenvalue weighted by Crippen LogP contribution is -2.51. The number of benzene rings is 2. The molecule has 3 aromatic rings. The molecule has 4 rings (SSSR count). The van der Waals surface area contributed by atoms with E-state index in [1.165, 1.54) is 24.3 Å². The van der Waals surface area contributed by atoms with E-state index in [1.807, 2.05) is 46.7 Å². The standard InChI is InChI=1S/C24H27ClN6O5S/c1-2-21-27-23(31(33)34)24(30(21)17-18-6-4-3-5-7-18)29-14-12-28(13-15-29)22(32)16-26-37(35,36)20-10-8-19(25)9-11-20/h3-11,26H,2,12-17H2,1H3. The molecule has 0 aliphatic carbocycles. The number of piperazine rings is 1. The van der Waals surface area contributed by atoms with Crippen molar-refractivity contribution in [3.05, 3.63) is 81.1 Å². The number of amides is 1. The number of nitro groups is 1. The van der Waals surface area contributed by atoms with E-state index in [1.54, 1.807) is 4.90 Å². The van der Waals surface area contributed by atoms with Gasteiger partial charge in [-0.15, -0.1) is 0 Å². The molecule has 2 aromatic carbocycles. The number of rotatable bonds is 9. The summed E-state index contributed by atoms with van der Waals surface area (Å²) in [5, 5.41) is 12.3. The van der Waals surface area contributed by atoms with E-state index in [0.29, 0.717) is 42.7 Å². The minimum Gasteiger partial charge on any atom is -0.358 e. The van der Waals surface area contributed by atoms with Gasteiger partial charge in [-0.2, -0.15) is 0 Å². The minimum atomic E-state index is -3.87. The number of hydrogen-bond acceptors (Lipinski definition) is 7. The van der Waals surface area contributed by atoms with Crippen LogP contribution in [0.5, 0.6) is 0 Å². The highest BCUT2D eigenvalue weighted by atomic mass is 35.5. The first kappa shape index (κ1) is 26.6. The van der Waals surface area contributed by atoms with E-state index in [0.717, 1.165) is 5.56 Å². The van der Waals surface area contributed by atoms with Crippen molar-refractivity contribution >= 4 is 39.2 Å². The van der Waals surface area contributed by atoms with Crippen LogP contribution in [0, 0.1) is 10.1 Å². The predicted octanol–water partition coefficient (Wildman–Crippen LogP) is 2.68. The third-order valence-corrected chi connectivity index (χ3v) is 7.81. The highest BCUT2D eigenvalue weighted by Crippen LogP contribution is 2.31. The Morgan fingerprint density at radius 3 is 2.32 bits per heavy atom. The second kappa shape index (κ2) is 11.3. The summed E-state index contributed by atoms with van der Waals surface area (Å²) in [6.45, 7) is 3.22. The van der Waals surface area contributed by atoms with Gasteiger partial charge in [0, 0.05) is 37.6 Å². The van der Waals surface area contributed by atoms with Crippen molar-refractivity contribution in [2.24, 2.45) is 0 Å². The first-order valence-electron chi connectivity index (χ1n) is 11.7. The molecular weight excluding hydrogens is 520 g/mol. The number of halogens is 1. The van der Waals surface area contributed by atoms with E-state index in [4.69, 9.17) is 11.6 Å². The number of hydrogen-bond donors (Lipinski definition) is 1. The molecule has 0 atom stereocenters. The summed E-state index contributed by atoms with van der Waals surface area (Å²) in [6.07, 6.45) is 0.528. The summed E-state index contributed by atoms with van der Waals surface area (Å²) in [5.74, 6) is 0.448. The van der Waals surface area contributed by atoms with Crippen LogP contribution >= 0.6 is 11.6 Å². The van der Waals surface area contributed by atoms with Crippen molar-refractivity contribution < 1.29 is 18.1 Å². The number of carbonyl (C=O) groups is 1. The molecule has 1 saturated heterocycles. The molecule has 1 N–H and O–H groups in total. The molecule has 1 amide bonds. The normalized spacial score (nSPS) is 14.1. The van der Waals surface area contributed by atoms with Crippen molar-refractivity contribution in [3.8, 4) is 0 Å². The van der Waals surface area contributed by atoms with E-state index < -0.39 is 21.5 Å². The van der Waals surface area contributed by atoms with Crippen LogP contribution < -0.4 is 9.62 Å². The molecule has 1 aliphatic heterocycles. The number of aromatic nitrogens is 2. The lowest BCUT2D eigenvalue weighted by molar-refractivity contribution is -0.388. The van der Waals surface area contributed by atoms with Crippen LogP contribution in [0.1, 0.15) is 18.3 Å². The second-order valence-corrected chi connectivity index (χ2v) is 10.7. The molecular formula is C24H27ClN6O5S. The summed E-state index contributed by atoms with van der Waals surface area (Å²) < 4.78 is 29.2. The van der Waals surface area contributed by atoms with Crippen molar-refractivity contribution in [1.82, 2.24) is 19.2 Å². The summed E-state index contributed by atoms with van der Waals surface area (Å²) in [5.41, 5.74) is 0.993. The van der Waals surface area contributed by atoms with Crippen LogP contribution in [0.4, 0.5) is 11.6 Å². The topological polar surface area (TPSA) is 131 Å². The molecule has 0 saturated carbocycles. The van der Waals surface area contributed by atoms with E-state index in [2.05, 4.69) is 9.71 Å². The van der Waals surface area contributed by atoms with Gasteiger partial charge in [0.1, 0.15) is 0 Å². The number of aryl methyl sites for hydroxylation is 1. The van der Waals surface area contributed by atoms with E-state index in [-0.39, 0.29) is 29.7 Å². The van der Waals surface area contributed by atoms with Gasteiger partial charge in [0.15, 0.2) is 0 Å². The Morgan fingerprint density at radius 1 is 1.08 bits per heavy atom. The van der Waals surface area contributed by atoms with Gasteiger partial charge in [-0.05, 0) is 39.7 Å². The third kappa shape index (κ3) is 6.09. The third-order valence-electron chi connectivity index (χ3n) is 6.14. The number of imidazole rings is 1. The molecule has 0 unspecified atom stereocenters. The van der Waals surface area contributed by atoms with Gasteiger partial charge in [-0.25, -0.2) is 13.1 Å². The van der Waals surface area contributed by atoms with Gasteiger partial charge in [0.05, 0.1) is 18.0 Å². The fourth-order valence-corrected chi connectivity index (χ4v) is 5.35. The van der Waals surface area contributed by atoms with Gasteiger partial charge in [-0.3, -0.25) is 9.36 Å². The van der Waals surface area contributed by atoms with Crippen LogP contribution in [0.2, 0.25) is 5.02 Å². The van der Waals surface area contributed by atoms with Gasteiger partial charge < -0.3 is 19.9 Å². The highest BCUT2D eigenvalue weighted by Gasteiger charge is 2.33. The van der Waals surface area contributed by atoms with Crippen LogP contribution in [-0.2, 0) is 27.8 Å². The smallest absolute Gasteiger partial charge is 0.358 e. The second-order valence-electron chi connectivity index (χ2n) is 8.50. The Labute approximate surface area is 219 Å². The first-order valence-corrected chi connectivity index (χ1v) is 13.6. The van der Waals surface area contributed by atoms with Crippen molar-refractivity contribution in [3.63, 3.8) is 0 Å². The van der Waals surface area contributed by atoms with Gasteiger partial charge in [0.25, 0.3) is 0 Å². The number of anilines is 1. The maximum atomic E-state index is 12.7. The highest BCUT2D eigenvalue weighted by molar-refractivity contribution is 7.89. The number of nitrogens with one attached hydrogen (secondary N) is 1. The van der Waals surface area contributed by atoms with Gasteiger partial charge in [0.2, 0.25) is 27.6 Å². The Bertz CT molecular complexity index is 1370. The monoisotopic (exact) mass is 546 g/mol. The fraction of sp³-hybridized carbons (Fsp3) is 0.333. The molecule has 0 bridgehead atoms. The Balaban J connectivity index is 1.45. The quantitative estimate of drug-likeness (QED) is 0.322. The van der Waals surface area contributed by atoms with E-state index >= 15 is 0 Å².